The summed E-state index contributed by atoms with van der Waals surface area (Å²) in [6, 6.07) is 4.10. The van der Waals surface area contributed by atoms with Crippen molar-refractivity contribution in [3.63, 3.8) is 0 Å². The van der Waals surface area contributed by atoms with Crippen LogP contribution in [0.25, 0.3) is 0 Å². The van der Waals surface area contributed by atoms with Gasteiger partial charge in [-0.05, 0) is 18.1 Å². The highest BCUT2D eigenvalue weighted by molar-refractivity contribution is 5.21. The first-order chi connectivity index (χ1) is 8.24. The number of aromatic nitrogens is 4. The minimum atomic E-state index is 0.374. The van der Waals surface area contributed by atoms with Crippen LogP contribution in [0, 0.1) is 0 Å². The lowest BCUT2D eigenvalue weighted by molar-refractivity contribution is 0.382. The normalized spacial score (nSPS) is 23.4. The molecule has 3 rings (SSSR count). The fraction of sp³-hybridized carbons (Fsp3) is 0.417. The Kier molecular flexibility index (Phi) is 2.31. The molecule has 0 bridgehead atoms. The standard InChI is InChI=1S/C12H15N5/c1-8-5-10(9-3-2-4-14-6-9)7-17-11(8)15-12(13)16-17/h2-4,6,8,10H,5,7H2,1H3,(H2,13,16). The van der Waals surface area contributed by atoms with Gasteiger partial charge in [0.15, 0.2) is 0 Å². The lowest BCUT2D eigenvalue weighted by Gasteiger charge is -2.26. The van der Waals surface area contributed by atoms with Crippen LogP contribution >= 0.6 is 0 Å². The Morgan fingerprint density at radius 1 is 1.47 bits per heavy atom. The fourth-order valence-electron chi connectivity index (χ4n) is 2.55. The van der Waals surface area contributed by atoms with Crippen LogP contribution in [-0.4, -0.2) is 19.7 Å². The Morgan fingerprint density at radius 2 is 2.35 bits per heavy atom. The Morgan fingerprint density at radius 3 is 3.12 bits per heavy atom. The van der Waals surface area contributed by atoms with E-state index in [0.717, 1.165) is 18.8 Å². The maximum Gasteiger partial charge on any atom is 0.239 e. The second kappa shape index (κ2) is 3.84. The molecule has 0 saturated carbocycles. The van der Waals surface area contributed by atoms with E-state index >= 15 is 0 Å². The van der Waals surface area contributed by atoms with Crippen LogP contribution in [0.2, 0.25) is 0 Å². The molecule has 5 heteroatoms. The molecule has 2 aromatic heterocycles. The summed E-state index contributed by atoms with van der Waals surface area (Å²) >= 11 is 0. The third-order valence-electron chi connectivity index (χ3n) is 3.34. The Labute approximate surface area is 99.7 Å². The minimum Gasteiger partial charge on any atom is -0.366 e. The zero-order valence-corrected chi connectivity index (χ0v) is 9.74. The third kappa shape index (κ3) is 1.77. The van der Waals surface area contributed by atoms with E-state index < -0.39 is 0 Å². The molecule has 0 radical (unpaired) electrons. The molecule has 0 saturated heterocycles. The van der Waals surface area contributed by atoms with E-state index in [1.54, 1.807) is 6.20 Å². The summed E-state index contributed by atoms with van der Waals surface area (Å²) in [5.41, 5.74) is 6.91. The molecule has 2 aromatic rings. The molecular weight excluding hydrogens is 214 g/mol. The van der Waals surface area contributed by atoms with Gasteiger partial charge in [0.05, 0.1) is 6.54 Å². The van der Waals surface area contributed by atoms with E-state index in [2.05, 4.69) is 28.1 Å². The lowest BCUT2D eigenvalue weighted by Crippen LogP contribution is -2.22. The number of hydrogen-bond acceptors (Lipinski definition) is 4. The van der Waals surface area contributed by atoms with Crippen LogP contribution in [0.3, 0.4) is 0 Å². The first-order valence-electron chi connectivity index (χ1n) is 5.84. The smallest absolute Gasteiger partial charge is 0.239 e. The molecule has 3 heterocycles. The Bertz CT molecular complexity index is 519. The summed E-state index contributed by atoms with van der Waals surface area (Å²) in [7, 11) is 0. The second-order valence-electron chi connectivity index (χ2n) is 4.63. The van der Waals surface area contributed by atoms with Crippen molar-refractivity contribution in [2.24, 2.45) is 0 Å². The molecule has 5 nitrogen and oxygen atoms in total. The zero-order valence-electron chi connectivity index (χ0n) is 9.74. The van der Waals surface area contributed by atoms with Gasteiger partial charge in [-0.2, -0.15) is 4.98 Å². The summed E-state index contributed by atoms with van der Waals surface area (Å²) in [4.78, 5) is 8.45. The van der Waals surface area contributed by atoms with E-state index in [4.69, 9.17) is 5.73 Å². The molecule has 1 aliphatic rings. The summed E-state index contributed by atoms with van der Waals surface area (Å²) in [5.74, 6) is 2.22. The molecule has 2 unspecified atom stereocenters. The molecule has 0 aromatic carbocycles. The predicted molar refractivity (Wildman–Crippen MR) is 64.4 cm³/mol. The summed E-state index contributed by atoms with van der Waals surface area (Å²) in [5, 5.41) is 4.24. The predicted octanol–water partition coefficient (Wildman–Crippen LogP) is 1.55. The first-order valence-corrected chi connectivity index (χ1v) is 5.84. The van der Waals surface area contributed by atoms with Crippen molar-refractivity contribution in [3.8, 4) is 0 Å². The van der Waals surface area contributed by atoms with Gasteiger partial charge in [-0.3, -0.25) is 4.98 Å². The molecule has 0 amide bonds. The average Bonchev–Trinajstić information content (AvgIpc) is 2.71. The molecule has 88 valence electrons. The van der Waals surface area contributed by atoms with Crippen molar-refractivity contribution in [2.75, 3.05) is 5.73 Å². The second-order valence-corrected chi connectivity index (χ2v) is 4.63. The number of nitrogen functional groups attached to an aromatic ring is 1. The van der Waals surface area contributed by atoms with Crippen LogP contribution in [-0.2, 0) is 6.54 Å². The molecular formula is C12H15N5. The minimum absolute atomic E-state index is 0.374. The third-order valence-corrected chi connectivity index (χ3v) is 3.34. The van der Waals surface area contributed by atoms with Gasteiger partial charge in [-0.1, -0.05) is 13.0 Å². The summed E-state index contributed by atoms with van der Waals surface area (Å²) in [6.45, 7) is 3.01. The number of pyridine rings is 1. The van der Waals surface area contributed by atoms with Crippen LogP contribution in [0.15, 0.2) is 24.5 Å². The largest absolute Gasteiger partial charge is 0.366 e. The van der Waals surface area contributed by atoms with Gasteiger partial charge in [0.1, 0.15) is 5.82 Å². The highest BCUT2D eigenvalue weighted by Crippen LogP contribution is 2.34. The quantitative estimate of drug-likeness (QED) is 0.805. The number of fused-ring (bicyclic) bond motifs is 1. The van der Waals surface area contributed by atoms with Gasteiger partial charge in [-0.15, -0.1) is 5.10 Å². The summed E-state index contributed by atoms with van der Waals surface area (Å²) < 4.78 is 1.93. The lowest BCUT2D eigenvalue weighted by atomic mass is 9.87. The maximum atomic E-state index is 5.65. The van der Waals surface area contributed by atoms with Gasteiger partial charge in [0.25, 0.3) is 0 Å². The highest BCUT2D eigenvalue weighted by atomic mass is 15.4. The van der Waals surface area contributed by atoms with Crippen molar-refractivity contribution in [2.45, 2.75) is 31.7 Å². The Hall–Kier alpha value is -1.91. The number of rotatable bonds is 1. The van der Waals surface area contributed by atoms with Crippen LogP contribution in [0.5, 0.6) is 0 Å². The number of hydrogen-bond donors (Lipinski definition) is 1. The monoisotopic (exact) mass is 229 g/mol. The van der Waals surface area contributed by atoms with Crippen molar-refractivity contribution in [1.29, 1.82) is 0 Å². The molecule has 17 heavy (non-hydrogen) atoms. The molecule has 1 aliphatic heterocycles. The molecule has 0 spiro atoms. The molecule has 2 N–H and O–H groups in total. The van der Waals surface area contributed by atoms with E-state index in [9.17, 15) is 0 Å². The van der Waals surface area contributed by atoms with E-state index in [-0.39, 0.29) is 0 Å². The summed E-state index contributed by atoms with van der Waals surface area (Å²) in [6.07, 6.45) is 4.81. The Balaban J connectivity index is 1.93. The van der Waals surface area contributed by atoms with Crippen molar-refractivity contribution in [3.05, 3.63) is 35.9 Å². The van der Waals surface area contributed by atoms with E-state index in [1.807, 2.05) is 16.9 Å². The van der Waals surface area contributed by atoms with Crippen LogP contribution in [0.4, 0.5) is 5.95 Å². The van der Waals surface area contributed by atoms with Crippen LogP contribution in [0.1, 0.15) is 36.6 Å². The maximum absolute atomic E-state index is 5.65. The van der Waals surface area contributed by atoms with Crippen molar-refractivity contribution in [1.82, 2.24) is 19.7 Å². The molecule has 0 fully saturated rings. The number of anilines is 1. The van der Waals surface area contributed by atoms with Crippen molar-refractivity contribution >= 4 is 5.95 Å². The number of nitrogens with zero attached hydrogens (tertiary/aromatic N) is 4. The van der Waals surface area contributed by atoms with E-state index in [0.29, 0.717) is 17.8 Å². The molecule has 2 atom stereocenters. The van der Waals surface area contributed by atoms with Crippen LogP contribution < -0.4 is 5.73 Å². The van der Waals surface area contributed by atoms with Gasteiger partial charge < -0.3 is 5.73 Å². The first kappa shape index (κ1) is 10.3. The van der Waals surface area contributed by atoms with E-state index in [1.165, 1.54) is 5.56 Å². The number of nitrogens with two attached hydrogens (primary N) is 1. The topological polar surface area (TPSA) is 69.6 Å². The van der Waals surface area contributed by atoms with Gasteiger partial charge in [0.2, 0.25) is 5.95 Å². The zero-order chi connectivity index (χ0) is 11.8. The van der Waals surface area contributed by atoms with Crippen molar-refractivity contribution < 1.29 is 0 Å². The van der Waals surface area contributed by atoms with Gasteiger partial charge in [-0.25, -0.2) is 4.68 Å². The highest BCUT2D eigenvalue weighted by Gasteiger charge is 2.27. The average molecular weight is 229 g/mol. The van der Waals surface area contributed by atoms with Gasteiger partial charge in [0, 0.05) is 24.2 Å². The SMILES string of the molecule is CC1CC(c2cccnc2)Cn2nc(N)nc21. The van der Waals surface area contributed by atoms with Gasteiger partial charge >= 0.3 is 0 Å². The molecule has 0 aliphatic carbocycles. The fourth-order valence-corrected chi connectivity index (χ4v) is 2.55.